The molecule has 0 radical (unpaired) electrons. The fraction of sp³-hybridized carbons (Fsp3) is 0.267. The highest BCUT2D eigenvalue weighted by atomic mass is 16.5. The van der Waals surface area contributed by atoms with E-state index in [0.29, 0.717) is 24.5 Å². The molecule has 1 heterocycles. The minimum atomic E-state index is -0.126. The summed E-state index contributed by atoms with van der Waals surface area (Å²) < 4.78 is 10.3. The summed E-state index contributed by atoms with van der Waals surface area (Å²) in [6.07, 6.45) is 1.52. The number of carbonyl (C=O) groups excluding carboxylic acids is 1. The van der Waals surface area contributed by atoms with Gasteiger partial charge >= 0.3 is 0 Å². The summed E-state index contributed by atoms with van der Waals surface area (Å²) in [6, 6.07) is 9.56. The van der Waals surface area contributed by atoms with Crippen LogP contribution in [0.25, 0.3) is 0 Å². The monoisotopic (exact) mass is 259 g/mol. The summed E-state index contributed by atoms with van der Waals surface area (Å²) in [7, 11) is 1.66. The number of carbonyl (C=O) groups is 1. The van der Waals surface area contributed by atoms with Crippen molar-refractivity contribution in [2.24, 2.45) is 0 Å². The molecule has 1 amide bonds. The minimum Gasteiger partial charge on any atom is -0.469 e. The minimum absolute atomic E-state index is 0.126. The fourth-order valence-corrected chi connectivity index (χ4v) is 1.92. The van der Waals surface area contributed by atoms with Crippen molar-refractivity contribution in [3.63, 3.8) is 0 Å². The molecule has 2 aromatic rings. The summed E-state index contributed by atoms with van der Waals surface area (Å²) in [5.74, 6) is 0.501. The molecular weight excluding hydrogens is 242 g/mol. The van der Waals surface area contributed by atoms with Crippen molar-refractivity contribution in [2.45, 2.75) is 20.1 Å². The van der Waals surface area contributed by atoms with Crippen molar-refractivity contribution >= 4 is 5.91 Å². The van der Waals surface area contributed by atoms with Crippen molar-refractivity contribution < 1.29 is 13.9 Å². The zero-order valence-corrected chi connectivity index (χ0v) is 11.1. The van der Waals surface area contributed by atoms with Crippen molar-refractivity contribution in [1.82, 2.24) is 5.32 Å². The molecule has 0 aliphatic carbocycles. The lowest BCUT2D eigenvalue weighted by Crippen LogP contribution is -2.23. The van der Waals surface area contributed by atoms with Crippen LogP contribution in [-0.4, -0.2) is 13.0 Å². The molecule has 0 saturated heterocycles. The van der Waals surface area contributed by atoms with Crippen LogP contribution in [0.5, 0.6) is 0 Å². The molecule has 1 N–H and O–H groups in total. The smallest absolute Gasteiger partial charge is 0.255 e. The molecule has 100 valence electrons. The molecule has 0 saturated carbocycles. The topological polar surface area (TPSA) is 51.5 Å². The Bertz CT molecular complexity index is 560. The highest BCUT2D eigenvalue weighted by Gasteiger charge is 2.11. The first-order chi connectivity index (χ1) is 9.22. The number of rotatable bonds is 5. The molecule has 0 fully saturated rings. The second-order valence-corrected chi connectivity index (χ2v) is 4.27. The summed E-state index contributed by atoms with van der Waals surface area (Å²) >= 11 is 0. The van der Waals surface area contributed by atoms with Gasteiger partial charge in [0.25, 0.3) is 5.91 Å². The Morgan fingerprint density at radius 3 is 2.63 bits per heavy atom. The van der Waals surface area contributed by atoms with Crippen molar-refractivity contribution in [3.8, 4) is 0 Å². The molecular formula is C15H17NO3. The maximum Gasteiger partial charge on any atom is 0.255 e. The second-order valence-electron chi connectivity index (χ2n) is 4.27. The lowest BCUT2D eigenvalue weighted by atomic mass is 10.1. The number of nitrogens with one attached hydrogen (secondary N) is 1. The summed E-state index contributed by atoms with van der Waals surface area (Å²) in [5.41, 5.74) is 2.71. The van der Waals surface area contributed by atoms with Crippen LogP contribution < -0.4 is 5.32 Å². The third-order valence-corrected chi connectivity index (χ3v) is 2.96. The Hall–Kier alpha value is -2.07. The zero-order chi connectivity index (χ0) is 13.7. The molecule has 0 atom stereocenters. The molecule has 0 aliphatic heterocycles. The second kappa shape index (κ2) is 6.20. The summed E-state index contributed by atoms with van der Waals surface area (Å²) in [5, 5.41) is 2.89. The number of hydrogen-bond donors (Lipinski definition) is 1. The normalized spacial score (nSPS) is 10.4. The van der Waals surface area contributed by atoms with Gasteiger partial charge < -0.3 is 14.5 Å². The van der Waals surface area contributed by atoms with Gasteiger partial charge in [-0.25, -0.2) is 0 Å². The van der Waals surface area contributed by atoms with Gasteiger partial charge in [0, 0.05) is 13.7 Å². The lowest BCUT2D eigenvalue weighted by Gasteiger charge is -2.09. The van der Waals surface area contributed by atoms with E-state index in [-0.39, 0.29) is 5.91 Å². The van der Waals surface area contributed by atoms with Gasteiger partial charge in [-0.3, -0.25) is 4.79 Å². The molecule has 1 aromatic heterocycles. The third kappa shape index (κ3) is 3.23. The maximum absolute atomic E-state index is 12.0. The number of benzene rings is 1. The molecule has 4 heteroatoms. The van der Waals surface area contributed by atoms with Crippen LogP contribution >= 0.6 is 0 Å². The van der Waals surface area contributed by atoms with Crippen LogP contribution in [-0.2, 0) is 17.9 Å². The molecule has 0 unspecified atom stereocenters. The van der Waals surface area contributed by atoms with Gasteiger partial charge in [-0.05, 0) is 24.1 Å². The van der Waals surface area contributed by atoms with Crippen LogP contribution in [0.3, 0.4) is 0 Å². The van der Waals surface area contributed by atoms with Crippen molar-refractivity contribution in [3.05, 3.63) is 59.0 Å². The Labute approximate surface area is 112 Å². The molecule has 19 heavy (non-hydrogen) atoms. The van der Waals surface area contributed by atoms with Gasteiger partial charge in [0.15, 0.2) is 0 Å². The van der Waals surface area contributed by atoms with Gasteiger partial charge in [0.1, 0.15) is 5.76 Å². The van der Waals surface area contributed by atoms with Crippen molar-refractivity contribution in [2.75, 3.05) is 7.11 Å². The first-order valence-electron chi connectivity index (χ1n) is 6.10. The predicted molar refractivity (Wildman–Crippen MR) is 71.8 cm³/mol. The van der Waals surface area contributed by atoms with E-state index in [1.165, 1.54) is 6.26 Å². The van der Waals surface area contributed by atoms with E-state index >= 15 is 0 Å². The Morgan fingerprint density at radius 2 is 2.00 bits per heavy atom. The van der Waals surface area contributed by atoms with Gasteiger partial charge in [-0.15, -0.1) is 0 Å². The first-order valence-corrected chi connectivity index (χ1v) is 6.10. The Kier molecular flexibility index (Phi) is 4.36. The van der Waals surface area contributed by atoms with Crippen LogP contribution in [0.15, 0.2) is 41.0 Å². The van der Waals surface area contributed by atoms with Gasteiger partial charge in [0.2, 0.25) is 0 Å². The van der Waals surface area contributed by atoms with E-state index in [9.17, 15) is 4.79 Å². The quantitative estimate of drug-likeness (QED) is 0.898. The molecule has 0 spiro atoms. The van der Waals surface area contributed by atoms with Gasteiger partial charge in [-0.1, -0.05) is 24.3 Å². The van der Waals surface area contributed by atoms with E-state index in [4.69, 9.17) is 9.15 Å². The Balaban J connectivity index is 2.03. The zero-order valence-electron chi connectivity index (χ0n) is 11.1. The van der Waals surface area contributed by atoms with Crippen LogP contribution in [0.1, 0.15) is 27.2 Å². The van der Waals surface area contributed by atoms with Gasteiger partial charge in [0.05, 0.1) is 18.4 Å². The van der Waals surface area contributed by atoms with E-state index in [2.05, 4.69) is 5.32 Å². The number of hydrogen-bond acceptors (Lipinski definition) is 3. The maximum atomic E-state index is 12.0. The van der Waals surface area contributed by atoms with Crippen LogP contribution in [0, 0.1) is 6.92 Å². The predicted octanol–water partition coefficient (Wildman–Crippen LogP) is 2.66. The van der Waals surface area contributed by atoms with E-state index in [0.717, 1.165) is 11.1 Å². The average Bonchev–Trinajstić information content (AvgIpc) is 2.84. The molecule has 2 rings (SSSR count). The highest BCUT2D eigenvalue weighted by molar-refractivity contribution is 5.94. The van der Waals surface area contributed by atoms with Gasteiger partial charge in [-0.2, -0.15) is 0 Å². The van der Waals surface area contributed by atoms with E-state index < -0.39 is 0 Å². The Morgan fingerprint density at radius 1 is 1.26 bits per heavy atom. The number of amides is 1. The van der Waals surface area contributed by atoms with Crippen molar-refractivity contribution in [1.29, 1.82) is 0 Å². The molecule has 0 aliphatic rings. The summed E-state index contributed by atoms with van der Waals surface area (Å²) in [6.45, 7) is 2.79. The SMILES string of the molecule is COCc1ccccc1CNC(=O)c1ccoc1C. The average molecular weight is 259 g/mol. The first kappa shape index (κ1) is 13.4. The number of furan rings is 1. The highest BCUT2D eigenvalue weighted by Crippen LogP contribution is 2.11. The lowest BCUT2D eigenvalue weighted by molar-refractivity contribution is 0.0949. The molecule has 0 bridgehead atoms. The van der Waals surface area contributed by atoms with Crippen LogP contribution in [0.4, 0.5) is 0 Å². The van der Waals surface area contributed by atoms with E-state index in [1.54, 1.807) is 20.1 Å². The van der Waals surface area contributed by atoms with Crippen LogP contribution in [0.2, 0.25) is 0 Å². The van der Waals surface area contributed by atoms with E-state index in [1.807, 2.05) is 24.3 Å². The summed E-state index contributed by atoms with van der Waals surface area (Å²) in [4.78, 5) is 12.0. The largest absolute Gasteiger partial charge is 0.469 e. The standard InChI is InChI=1S/C15H17NO3/c1-11-14(7-8-19-11)15(17)16-9-12-5-3-4-6-13(12)10-18-2/h3-8H,9-10H2,1-2H3,(H,16,17). The number of methoxy groups -OCH3 is 1. The molecule has 1 aromatic carbocycles. The number of ether oxygens (including phenoxy) is 1. The third-order valence-electron chi connectivity index (χ3n) is 2.96. The molecule has 4 nitrogen and oxygen atoms in total. The fourth-order valence-electron chi connectivity index (χ4n) is 1.92. The number of aryl methyl sites for hydroxylation is 1.